The van der Waals surface area contributed by atoms with Crippen molar-refractivity contribution in [3.05, 3.63) is 77.4 Å². The molecule has 0 bridgehead atoms. The molecule has 0 amide bonds. The zero-order valence-electron chi connectivity index (χ0n) is 11.3. The Balaban J connectivity index is 2.03. The first-order valence-corrected chi connectivity index (χ1v) is 6.74. The van der Waals surface area contributed by atoms with Crippen LogP contribution in [0.2, 0.25) is 0 Å². The third-order valence-corrected chi connectivity index (χ3v) is 3.55. The average Bonchev–Trinajstić information content (AvgIpc) is 2.55. The van der Waals surface area contributed by atoms with Crippen LogP contribution in [0.15, 0.2) is 66.2 Å². The number of ether oxygens (including phenoxy) is 1. The largest absolute Gasteiger partial charge is 0.453 e. The van der Waals surface area contributed by atoms with Crippen LogP contribution >= 0.6 is 0 Å². The molecule has 102 valence electrons. The molecular weight excluding hydrogens is 262 g/mol. The fourth-order valence-corrected chi connectivity index (χ4v) is 2.51. The standard InChI is InChI=1S/C18H13NO2/c19-12-16-15(13-7-3-1-4-8-13)11-17(21-18(16)20)14-9-5-2-6-10-14/h1-10,17H,11H2. The van der Waals surface area contributed by atoms with Crippen molar-refractivity contribution >= 4 is 11.5 Å². The first-order chi connectivity index (χ1) is 10.3. The van der Waals surface area contributed by atoms with Crippen molar-refractivity contribution in [2.75, 3.05) is 0 Å². The van der Waals surface area contributed by atoms with Gasteiger partial charge in [0, 0.05) is 6.42 Å². The normalized spacial score (nSPS) is 18.0. The summed E-state index contributed by atoms with van der Waals surface area (Å²) >= 11 is 0. The quantitative estimate of drug-likeness (QED) is 0.786. The number of cyclic esters (lactones) is 1. The molecule has 0 radical (unpaired) electrons. The number of hydrogen-bond acceptors (Lipinski definition) is 3. The van der Waals surface area contributed by atoms with E-state index in [1.807, 2.05) is 66.7 Å². The molecular formula is C18H13NO2. The van der Waals surface area contributed by atoms with Gasteiger partial charge in [0.2, 0.25) is 0 Å². The number of esters is 1. The van der Waals surface area contributed by atoms with E-state index in [1.165, 1.54) is 0 Å². The van der Waals surface area contributed by atoms with Crippen LogP contribution in [0.1, 0.15) is 23.7 Å². The Labute approximate surface area is 123 Å². The highest BCUT2D eigenvalue weighted by Gasteiger charge is 2.30. The molecule has 0 aromatic heterocycles. The second-order valence-corrected chi connectivity index (χ2v) is 4.84. The maximum absolute atomic E-state index is 12.1. The van der Waals surface area contributed by atoms with Crippen molar-refractivity contribution in [2.24, 2.45) is 0 Å². The molecule has 3 rings (SSSR count). The van der Waals surface area contributed by atoms with E-state index in [-0.39, 0.29) is 11.7 Å². The van der Waals surface area contributed by atoms with Gasteiger partial charge in [0.05, 0.1) is 0 Å². The summed E-state index contributed by atoms with van der Waals surface area (Å²) in [7, 11) is 0. The van der Waals surface area contributed by atoms with Gasteiger partial charge >= 0.3 is 5.97 Å². The van der Waals surface area contributed by atoms with Crippen LogP contribution in [0.5, 0.6) is 0 Å². The minimum absolute atomic E-state index is 0.105. The molecule has 0 spiro atoms. The maximum atomic E-state index is 12.1. The predicted octanol–water partition coefficient (Wildman–Crippen LogP) is 3.65. The van der Waals surface area contributed by atoms with Gasteiger partial charge in [-0.3, -0.25) is 0 Å². The zero-order chi connectivity index (χ0) is 14.7. The van der Waals surface area contributed by atoms with Crippen molar-refractivity contribution in [3.63, 3.8) is 0 Å². The molecule has 1 unspecified atom stereocenters. The molecule has 2 aromatic rings. The molecule has 0 fully saturated rings. The average molecular weight is 275 g/mol. The third-order valence-electron chi connectivity index (χ3n) is 3.55. The Bertz CT molecular complexity index is 727. The lowest BCUT2D eigenvalue weighted by Gasteiger charge is -2.25. The van der Waals surface area contributed by atoms with Gasteiger partial charge < -0.3 is 4.74 Å². The summed E-state index contributed by atoms with van der Waals surface area (Å²) in [4.78, 5) is 12.1. The fraction of sp³-hybridized carbons (Fsp3) is 0.111. The Kier molecular flexibility index (Phi) is 3.53. The Morgan fingerprint density at radius 3 is 2.24 bits per heavy atom. The molecule has 2 aromatic carbocycles. The highest BCUT2D eigenvalue weighted by atomic mass is 16.5. The third kappa shape index (κ3) is 2.56. The highest BCUT2D eigenvalue weighted by Crippen LogP contribution is 2.37. The summed E-state index contributed by atoms with van der Waals surface area (Å²) in [5, 5.41) is 9.24. The van der Waals surface area contributed by atoms with Crippen LogP contribution in [0, 0.1) is 11.3 Å². The molecule has 0 aliphatic carbocycles. The van der Waals surface area contributed by atoms with Crippen molar-refractivity contribution in [3.8, 4) is 6.07 Å². The zero-order valence-corrected chi connectivity index (χ0v) is 11.3. The van der Waals surface area contributed by atoms with Gasteiger partial charge in [-0.15, -0.1) is 0 Å². The molecule has 21 heavy (non-hydrogen) atoms. The van der Waals surface area contributed by atoms with E-state index in [4.69, 9.17) is 4.74 Å². The van der Waals surface area contributed by atoms with Gasteiger partial charge in [0.15, 0.2) is 0 Å². The summed E-state index contributed by atoms with van der Waals surface area (Å²) in [5.41, 5.74) is 2.69. The summed E-state index contributed by atoms with van der Waals surface area (Å²) in [6.07, 6.45) is 0.175. The van der Waals surface area contributed by atoms with Crippen molar-refractivity contribution in [1.82, 2.24) is 0 Å². The molecule has 1 aliphatic rings. The van der Waals surface area contributed by atoms with E-state index < -0.39 is 5.97 Å². The summed E-state index contributed by atoms with van der Waals surface area (Å²) in [6, 6.07) is 21.1. The number of benzene rings is 2. The number of hydrogen-bond donors (Lipinski definition) is 0. The van der Waals surface area contributed by atoms with E-state index in [0.29, 0.717) is 6.42 Å². The number of rotatable bonds is 2. The van der Waals surface area contributed by atoms with Crippen LogP contribution in [0.3, 0.4) is 0 Å². The van der Waals surface area contributed by atoms with E-state index in [1.54, 1.807) is 0 Å². The van der Waals surface area contributed by atoms with Gasteiger partial charge in [0.25, 0.3) is 0 Å². The van der Waals surface area contributed by atoms with E-state index in [2.05, 4.69) is 0 Å². The molecule has 1 heterocycles. The van der Waals surface area contributed by atoms with Gasteiger partial charge in [-0.1, -0.05) is 60.7 Å². The lowest BCUT2D eigenvalue weighted by atomic mass is 9.90. The van der Waals surface area contributed by atoms with Crippen LogP contribution in [0.4, 0.5) is 0 Å². The van der Waals surface area contributed by atoms with Crippen LogP contribution in [0.25, 0.3) is 5.57 Å². The van der Waals surface area contributed by atoms with Gasteiger partial charge in [-0.25, -0.2) is 4.79 Å². The first kappa shape index (κ1) is 13.1. The summed E-state index contributed by atoms with van der Waals surface area (Å²) in [6.45, 7) is 0. The van der Waals surface area contributed by atoms with E-state index in [0.717, 1.165) is 16.7 Å². The Morgan fingerprint density at radius 2 is 1.62 bits per heavy atom. The molecule has 3 heteroatoms. The second kappa shape index (κ2) is 5.64. The van der Waals surface area contributed by atoms with Crippen molar-refractivity contribution in [2.45, 2.75) is 12.5 Å². The van der Waals surface area contributed by atoms with Crippen LogP contribution < -0.4 is 0 Å². The van der Waals surface area contributed by atoms with Crippen LogP contribution in [-0.4, -0.2) is 5.97 Å². The van der Waals surface area contributed by atoms with Crippen LogP contribution in [-0.2, 0) is 9.53 Å². The molecule has 1 aliphatic heterocycles. The lowest BCUT2D eigenvalue weighted by Crippen LogP contribution is -2.20. The van der Waals surface area contributed by atoms with Crippen molar-refractivity contribution in [1.29, 1.82) is 5.26 Å². The first-order valence-electron chi connectivity index (χ1n) is 6.74. The smallest absolute Gasteiger partial charge is 0.349 e. The van der Waals surface area contributed by atoms with Gasteiger partial charge in [-0.2, -0.15) is 5.26 Å². The minimum atomic E-state index is -0.545. The van der Waals surface area contributed by atoms with Crippen molar-refractivity contribution < 1.29 is 9.53 Å². The summed E-state index contributed by atoms with van der Waals surface area (Å²) in [5.74, 6) is -0.545. The van der Waals surface area contributed by atoms with E-state index in [9.17, 15) is 10.1 Å². The Morgan fingerprint density at radius 1 is 1.00 bits per heavy atom. The minimum Gasteiger partial charge on any atom is -0.453 e. The summed E-state index contributed by atoms with van der Waals surface area (Å²) < 4.78 is 5.41. The SMILES string of the molecule is N#CC1=C(c2ccccc2)CC(c2ccccc2)OC1=O. The number of nitriles is 1. The molecule has 3 nitrogen and oxygen atoms in total. The number of carbonyl (C=O) groups excluding carboxylic acids is 1. The highest BCUT2D eigenvalue weighted by molar-refractivity contribution is 6.03. The fourth-order valence-electron chi connectivity index (χ4n) is 2.51. The second-order valence-electron chi connectivity index (χ2n) is 4.84. The van der Waals surface area contributed by atoms with Gasteiger partial charge in [0.1, 0.15) is 17.7 Å². The van der Waals surface area contributed by atoms with Gasteiger partial charge in [-0.05, 0) is 16.7 Å². The lowest BCUT2D eigenvalue weighted by molar-refractivity contribution is -0.145. The monoisotopic (exact) mass is 275 g/mol. The molecule has 0 saturated heterocycles. The topological polar surface area (TPSA) is 50.1 Å². The molecule has 0 N–H and O–H groups in total. The number of carbonyl (C=O) groups is 1. The number of nitrogens with zero attached hydrogens (tertiary/aromatic N) is 1. The maximum Gasteiger partial charge on any atom is 0.349 e. The molecule has 0 saturated carbocycles. The Hall–Kier alpha value is -2.86. The van der Waals surface area contributed by atoms with E-state index >= 15 is 0 Å². The predicted molar refractivity (Wildman–Crippen MR) is 78.9 cm³/mol. The molecule has 1 atom stereocenters.